The summed E-state index contributed by atoms with van der Waals surface area (Å²) in [6, 6.07) is 3.07. The molecule has 1 aliphatic rings. The van der Waals surface area contributed by atoms with Gasteiger partial charge in [0.1, 0.15) is 0 Å². The monoisotopic (exact) mass is 349 g/mol. The number of nitrogens with one attached hydrogen (secondary N) is 1. The lowest BCUT2D eigenvalue weighted by Gasteiger charge is -2.26. The van der Waals surface area contributed by atoms with E-state index in [4.69, 9.17) is 4.74 Å². The summed E-state index contributed by atoms with van der Waals surface area (Å²) in [5, 5.41) is 2.65. The topological polar surface area (TPSA) is 73.3 Å². The highest BCUT2D eigenvalue weighted by Crippen LogP contribution is 2.40. The number of anilines is 1. The fraction of sp³-hybridized carbons (Fsp3) is 0.353. The summed E-state index contributed by atoms with van der Waals surface area (Å²) in [5.41, 5.74) is 1.90. The molecule has 1 aromatic heterocycles. The number of amides is 1. The van der Waals surface area contributed by atoms with E-state index < -0.39 is 12.7 Å². The summed E-state index contributed by atoms with van der Waals surface area (Å²) in [6.45, 7) is 4.47. The zero-order chi connectivity index (χ0) is 18.2. The summed E-state index contributed by atoms with van der Waals surface area (Å²) in [4.78, 5) is 20.1. The normalized spacial score (nSPS) is 15.1. The summed E-state index contributed by atoms with van der Waals surface area (Å²) in [6.07, 6.45) is -0.389. The van der Waals surface area contributed by atoms with Crippen LogP contribution in [0.25, 0.3) is 11.3 Å². The zero-order valence-electron chi connectivity index (χ0n) is 14.0. The molecule has 0 saturated heterocycles. The maximum Gasteiger partial charge on any atom is 0.433 e. The molecule has 0 radical (unpaired) electrons. The largest absolute Gasteiger partial charge is 0.479 e. The highest BCUT2D eigenvalue weighted by atomic mass is 19.3. The van der Waals surface area contributed by atoms with Crippen LogP contribution in [-0.4, -0.2) is 28.6 Å². The number of benzene rings is 1. The average Bonchev–Trinajstić information content (AvgIpc) is 2.54. The molecule has 2 aromatic rings. The highest BCUT2D eigenvalue weighted by molar-refractivity contribution is 5.91. The summed E-state index contributed by atoms with van der Waals surface area (Å²) >= 11 is 0. The lowest BCUT2D eigenvalue weighted by atomic mass is 10.0. The number of hydrogen-bond donors (Lipinski definition) is 1. The Morgan fingerprint density at radius 3 is 2.64 bits per heavy atom. The second-order valence-corrected chi connectivity index (χ2v) is 6.07. The summed E-state index contributed by atoms with van der Waals surface area (Å²) < 4.78 is 36.2. The zero-order valence-corrected chi connectivity index (χ0v) is 14.0. The minimum Gasteiger partial charge on any atom is -0.479 e. The first-order chi connectivity index (χ1) is 11.7. The van der Waals surface area contributed by atoms with Gasteiger partial charge >= 0.3 is 6.11 Å². The van der Waals surface area contributed by atoms with Crippen LogP contribution in [0.4, 0.5) is 14.6 Å². The van der Waals surface area contributed by atoms with Crippen LogP contribution in [0.5, 0.6) is 11.5 Å². The van der Waals surface area contributed by atoms with E-state index in [9.17, 15) is 13.6 Å². The fourth-order valence-corrected chi connectivity index (χ4v) is 2.28. The summed E-state index contributed by atoms with van der Waals surface area (Å²) in [7, 11) is 0. The van der Waals surface area contributed by atoms with Gasteiger partial charge in [0, 0.05) is 11.5 Å². The molecule has 0 unspecified atom stereocenters. The van der Waals surface area contributed by atoms with Crippen molar-refractivity contribution in [3.63, 3.8) is 0 Å². The maximum absolute atomic E-state index is 13.2. The van der Waals surface area contributed by atoms with E-state index >= 15 is 0 Å². The van der Waals surface area contributed by atoms with Crippen molar-refractivity contribution in [2.24, 2.45) is 5.92 Å². The van der Waals surface area contributed by atoms with Gasteiger partial charge in [0.15, 0.2) is 23.9 Å². The molecule has 3 rings (SSSR count). The molecular weight excluding hydrogens is 332 g/mol. The number of alkyl halides is 2. The number of carbonyl (C=O) groups excluding carboxylic acids is 1. The van der Waals surface area contributed by atoms with Gasteiger partial charge in [-0.05, 0) is 24.6 Å². The second-order valence-electron chi connectivity index (χ2n) is 6.07. The molecule has 0 spiro atoms. The van der Waals surface area contributed by atoms with Crippen LogP contribution in [-0.2, 0) is 4.79 Å². The Morgan fingerprint density at radius 2 is 2.00 bits per heavy atom. The van der Waals surface area contributed by atoms with E-state index in [1.807, 2.05) is 0 Å². The van der Waals surface area contributed by atoms with Gasteiger partial charge in [-0.15, -0.1) is 0 Å². The summed E-state index contributed by atoms with van der Waals surface area (Å²) in [5.74, 6) is 0.243. The van der Waals surface area contributed by atoms with Crippen LogP contribution >= 0.6 is 0 Å². The Balaban J connectivity index is 1.86. The molecule has 132 valence electrons. The van der Waals surface area contributed by atoms with Gasteiger partial charge in [-0.1, -0.05) is 13.8 Å². The molecule has 0 bridgehead atoms. The van der Waals surface area contributed by atoms with Crippen LogP contribution in [0.2, 0.25) is 0 Å². The minimum absolute atomic E-state index is 0.00808. The Labute approximate surface area is 143 Å². The molecule has 0 fully saturated rings. The molecule has 25 heavy (non-hydrogen) atoms. The van der Waals surface area contributed by atoms with E-state index in [2.05, 4.69) is 20.0 Å². The molecule has 6 nitrogen and oxygen atoms in total. The van der Waals surface area contributed by atoms with Gasteiger partial charge in [0.05, 0.1) is 18.1 Å². The van der Waals surface area contributed by atoms with Gasteiger partial charge in [-0.3, -0.25) is 9.78 Å². The van der Waals surface area contributed by atoms with E-state index in [1.54, 1.807) is 26.8 Å². The Hall–Kier alpha value is -2.77. The molecule has 8 heteroatoms. The molecule has 1 amide bonds. The van der Waals surface area contributed by atoms with Crippen molar-refractivity contribution < 1.29 is 23.0 Å². The first kappa shape index (κ1) is 17.1. The average molecular weight is 349 g/mol. The lowest BCUT2D eigenvalue weighted by molar-refractivity contribution is -0.208. The van der Waals surface area contributed by atoms with Gasteiger partial charge in [-0.25, -0.2) is 4.98 Å². The smallest absolute Gasteiger partial charge is 0.433 e. The van der Waals surface area contributed by atoms with Gasteiger partial charge in [-0.2, -0.15) is 8.78 Å². The predicted octanol–water partition coefficient (Wildman–Crippen LogP) is 3.41. The molecule has 2 heterocycles. The third-order valence-electron chi connectivity index (χ3n) is 3.65. The van der Waals surface area contributed by atoms with Crippen molar-refractivity contribution in [3.8, 4) is 22.8 Å². The van der Waals surface area contributed by atoms with E-state index in [-0.39, 0.29) is 23.3 Å². The van der Waals surface area contributed by atoms with Crippen LogP contribution < -0.4 is 14.8 Å². The lowest BCUT2D eigenvalue weighted by Crippen LogP contribution is -2.36. The number of carbonyl (C=O) groups is 1. The molecule has 0 saturated carbocycles. The van der Waals surface area contributed by atoms with Crippen LogP contribution in [0.1, 0.15) is 19.4 Å². The van der Waals surface area contributed by atoms with Crippen molar-refractivity contribution in [1.82, 2.24) is 9.97 Å². The Bertz CT molecular complexity index is 808. The van der Waals surface area contributed by atoms with Crippen LogP contribution in [0.15, 0.2) is 24.5 Å². The quantitative estimate of drug-likeness (QED) is 0.919. The molecular formula is C17H17F2N3O3. The third-order valence-corrected chi connectivity index (χ3v) is 3.65. The second kappa shape index (κ2) is 6.27. The maximum atomic E-state index is 13.2. The van der Waals surface area contributed by atoms with Gasteiger partial charge in [0.25, 0.3) is 0 Å². The van der Waals surface area contributed by atoms with Crippen molar-refractivity contribution in [2.45, 2.75) is 26.9 Å². The number of nitrogens with zero attached hydrogens (tertiary/aromatic N) is 2. The van der Waals surface area contributed by atoms with Crippen molar-refractivity contribution in [1.29, 1.82) is 0 Å². The Kier molecular flexibility index (Phi) is 4.28. The van der Waals surface area contributed by atoms with Gasteiger partial charge in [0.2, 0.25) is 5.91 Å². The molecule has 0 aliphatic carbocycles. The number of fused-ring (bicyclic) bond motifs is 1. The van der Waals surface area contributed by atoms with E-state index in [0.29, 0.717) is 22.6 Å². The third kappa shape index (κ3) is 3.67. The first-order valence-electron chi connectivity index (χ1n) is 7.73. The number of aryl methyl sites for hydroxylation is 1. The van der Waals surface area contributed by atoms with E-state index in [1.165, 1.54) is 18.5 Å². The molecule has 0 atom stereocenters. The fourth-order valence-electron chi connectivity index (χ4n) is 2.28. The van der Waals surface area contributed by atoms with Crippen molar-refractivity contribution >= 4 is 11.7 Å². The first-order valence-corrected chi connectivity index (χ1v) is 7.73. The minimum atomic E-state index is -3.34. The molecule has 1 aromatic carbocycles. The number of ether oxygens (including phenoxy) is 2. The van der Waals surface area contributed by atoms with Gasteiger partial charge < -0.3 is 14.8 Å². The van der Waals surface area contributed by atoms with Crippen LogP contribution in [0.3, 0.4) is 0 Å². The van der Waals surface area contributed by atoms with Crippen molar-refractivity contribution in [2.75, 3.05) is 11.9 Å². The Morgan fingerprint density at radius 1 is 1.24 bits per heavy atom. The standard InChI is InChI=1S/C17H17F2N3O3/c1-9(2)16(23)22-15-7-20-12(6-21-15)11-5-13-14(4-10(11)3)25-17(18,19)8-24-13/h4-7,9H,8H2,1-3H3,(H,21,22,23). The highest BCUT2D eigenvalue weighted by Gasteiger charge is 2.38. The number of hydrogen-bond acceptors (Lipinski definition) is 5. The number of aromatic nitrogens is 2. The number of halogens is 2. The molecule has 1 N–H and O–H groups in total. The molecule has 1 aliphatic heterocycles. The SMILES string of the molecule is Cc1cc2c(cc1-c1cnc(NC(=O)C(C)C)cn1)OCC(F)(F)O2. The predicted molar refractivity (Wildman–Crippen MR) is 86.7 cm³/mol. The van der Waals surface area contributed by atoms with Crippen LogP contribution in [0, 0.1) is 12.8 Å². The number of rotatable bonds is 3. The van der Waals surface area contributed by atoms with Crippen molar-refractivity contribution in [3.05, 3.63) is 30.1 Å². The van der Waals surface area contributed by atoms with E-state index in [0.717, 1.165) is 0 Å².